The van der Waals surface area contributed by atoms with Crippen molar-refractivity contribution in [3.05, 3.63) is 28.8 Å². The van der Waals surface area contributed by atoms with E-state index in [0.717, 1.165) is 38.4 Å². The third kappa shape index (κ3) is 6.33. The average molecular weight is 378 g/mol. The minimum absolute atomic E-state index is 0.0673. The summed E-state index contributed by atoms with van der Waals surface area (Å²) in [6.07, 6.45) is -1.61. The van der Waals surface area contributed by atoms with Gasteiger partial charge in [-0.15, -0.1) is 13.2 Å². The molecule has 0 atom stereocenters. The second kappa shape index (κ2) is 8.28. The quantitative estimate of drug-likeness (QED) is 0.481. The lowest BCUT2D eigenvalue weighted by molar-refractivity contribution is -0.274. The number of benzene rings is 1. The largest absolute Gasteiger partial charge is 0.573 e. The number of nitrogens with one attached hydrogen (secondary N) is 4. The van der Waals surface area contributed by atoms with Gasteiger partial charge in [0.1, 0.15) is 5.75 Å². The van der Waals surface area contributed by atoms with Crippen molar-refractivity contribution < 1.29 is 17.9 Å². The van der Waals surface area contributed by atoms with Crippen LogP contribution in [0.2, 0.25) is 5.02 Å². The van der Waals surface area contributed by atoms with Crippen LogP contribution in [-0.4, -0.2) is 36.3 Å². The lowest BCUT2D eigenvalue weighted by Gasteiger charge is -2.29. The normalized spacial score (nSPS) is 14.8. The maximum absolute atomic E-state index is 12.2. The first kappa shape index (κ1) is 19.2. The highest BCUT2D eigenvalue weighted by atomic mass is 35.5. The summed E-state index contributed by atoms with van der Waals surface area (Å²) in [6.45, 7) is 1.75. The number of nitrogens with zero attached hydrogens (tertiary/aromatic N) is 1. The van der Waals surface area contributed by atoms with Crippen LogP contribution < -0.4 is 15.4 Å². The number of halogens is 4. The van der Waals surface area contributed by atoms with Crippen molar-refractivity contribution in [2.24, 2.45) is 0 Å². The van der Waals surface area contributed by atoms with Gasteiger partial charge < -0.3 is 15.0 Å². The first-order chi connectivity index (χ1) is 11.7. The second-order valence-corrected chi connectivity index (χ2v) is 5.97. The molecular formula is C15H19ClF3N5O. The van der Waals surface area contributed by atoms with Crippen molar-refractivity contribution in [3.63, 3.8) is 0 Å². The summed E-state index contributed by atoms with van der Waals surface area (Å²) in [7, 11) is 0. The molecule has 0 aliphatic carbocycles. The maximum Gasteiger partial charge on any atom is 0.573 e. The standard InChI is InChI=1S/C15H19ClF3N5O/c16-11-8-10(4-5-12(11)25-15(17,18)19)9-22-13(20)23-14(21)24-6-2-1-3-7-24/h4-5,8H,1-3,6-7,9H2,(H4,20,21,22,23). The Hall–Kier alpha value is -2.16. The zero-order chi connectivity index (χ0) is 18.4. The number of piperidine rings is 1. The zero-order valence-electron chi connectivity index (χ0n) is 13.3. The molecule has 25 heavy (non-hydrogen) atoms. The number of alkyl halides is 3. The van der Waals surface area contributed by atoms with Gasteiger partial charge in [0, 0.05) is 19.6 Å². The van der Waals surface area contributed by atoms with Crippen molar-refractivity contribution in [1.29, 1.82) is 10.8 Å². The van der Waals surface area contributed by atoms with Crippen molar-refractivity contribution in [2.45, 2.75) is 32.2 Å². The van der Waals surface area contributed by atoms with Crippen LogP contribution in [0.4, 0.5) is 13.2 Å². The van der Waals surface area contributed by atoms with E-state index in [4.69, 9.17) is 22.4 Å². The summed E-state index contributed by atoms with van der Waals surface area (Å²) in [4.78, 5) is 1.86. The molecule has 0 radical (unpaired) electrons. The molecule has 1 aliphatic heterocycles. The fourth-order valence-electron chi connectivity index (χ4n) is 2.41. The topological polar surface area (TPSA) is 84.2 Å². The summed E-state index contributed by atoms with van der Waals surface area (Å²) in [5.74, 6) is -0.385. The Kier molecular flexibility index (Phi) is 6.35. The van der Waals surface area contributed by atoms with Crippen LogP contribution in [0.3, 0.4) is 0 Å². The van der Waals surface area contributed by atoms with E-state index in [2.05, 4.69) is 15.4 Å². The number of likely N-dealkylation sites (tertiary alicyclic amines) is 1. The van der Waals surface area contributed by atoms with Gasteiger partial charge in [0.15, 0.2) is 11.9 Å². The van der Waals surface area contributed by atoms with Gasteiger partial charge in [-0.2, -0.15) is 0 Å². The van der Waals surface area contributed by atoms with Crippen molar-refractivity contribution in [2.75, 3.05) is 13.1 Å². The van der Waals surface area contributed by atoms with Crippen molar-refractivity contribution >= 4 is 23.5 Å². The van der Waals surface area contributed by atoms with E-state index in [1.807, 2.05) is 4.90 Å². The molecule has 6 nitrogen and oxygen atoms in total. The van der Waals surface area contributed by atoms with Gasteiger partial charge in [0.05, 0.1) is 5.02 Å². The molecular weight excluding hydrogens is 359 g/mol. The average Bonchev–Trinajstić information content (AvgIpc) is 2.55. The summed E-state index contributed by atoms with van der Waals surface area (Å²) in [5, 5.41) is 21.0. The fraction of sp³-hybridized carbons (Fsp3) is 0.467. The summed E-state index contributed by atoms with van der Waals surface area (Å²) in [5.41, 5.74) is 0.579. The fourth-order valence-corrected chi connectivity index (χ4v) is 2.65. The van der Waals surface area contributed by atoms with Crippen LogP contribution in [0, 0.1) is 10.8 Å². The van der Waals surface area contributed by atoms with E-state index in [0.29, 0.717) is 5.56 Å². The maximum atomic E-state index is 12.2. The molecule has 0 bridgehead atoms. The SMILES string of the molecule is N=C(NCc1ccc(OC(F)(F)F)c(Cl)c1)NC(=N)N1CCCCC1. The van der Waals surface area contributed by atoms with Gasteiger partial charge in [-0.25, -0.2) is 0 Å². The van der Waals surface area contributed by atoms with Crippen LogP contribution >= 0.6 is 11.6 Å². The van der Waals surface area contributed by atoms with Crippen LogP contribution in [0.15, 0.2) is 18.2 Å². The monoisotopic (exact) mass is 377 g/mol. The van der Waals surface area contributed by atoms with Crippen molar-refractivity contribution in [3.8, 4) is 5.75 Å². The molecule has 1 aromatic rings. The summed E-state index contributed by atoms with van der Waals surface area (Å²) in [6, 6.07) is 3.88. The second-order valence-electron chi connectivity index (χ2n) is 5.56. The molecule has 1 saturated heterocycles. The van der Waals surface area contributed by atoms with E-state index in [1.165, 1.54) is 12.1 Å². The third-order valence-electron chi connectivity index (χ3n) is 3.61. The van der Waals surface area contributed by atoms with Gasteiger partial charge in [-0.05, 0) is 37.0 Å². The highest BCUT2D eigenvalue weighted by Gasteiger charge is 2.32. The Morgan fingerprint density at radius 3 is 2.48 bits per heavy atom. The molecule has 1 aliphatic rings. The number of rotatable bonds is 3. The molecule has 0 saturated carbocycles. The van der Waals surface area contributed by atoms with Gasteiger partial charge in [0.25, 0.3) is 0 Å². The van der Waals surface area contributed by atoms with E-state index in [-0.39, 0.29) is 23.5 Å². The third-order valence-corrected chi connectivity index (χ3v) is 3.90. The van der Waals surface area contributed by atoms with Crippen LogP contribution in [0.25, 0.3) is 0 Å². The predicted octanol–water partition coefficient (Wildman–Crippen LogP) is 3.27. The minimum atomic E-state index is -4.80. The Morgan fingerprint density at radius 1 is 1.20 bits per heavy atom. The minimum Gasteiger partial charge on any atom is -0.404 e. The first-order valence-electron chi connectivity index (χ1n) is 7.72. The smallest absolute Gasteiger partial charge is 0.404 e. The lowest BCUT2D eigenvalue weighted by atomic mass is 10.1. The molecule has 0 amide bonds. The molecule has 2 rings (SSSR count). The van der Waals surface area contributed by atoms with Crippen molar-refractivity contribution in [1.82, 2.24) is 15.5 Å². The molecule has 138 valence electrons. The van der Waals surface area contributed by atoms with Gasteiger partial charge in [0.2, 0.25) is 0 Å². The number of ether oxygens (including phenoxy) is 1. The molecule has 0 spiro atoms. The number of hydrogen-bond donors (Lipinski definition) is 4. The number of guanidine groups is 2. The van der Waals surface area contributed by atoms with E-state index in [1.54, 1.807) is 0 Å². The molecule has 10 heteroatoms. The summed E-state index contributed by atoms with van der Waals surface area (Å²) >= 11 is 5.77. The Balaban J connectivity index is 1.83. The molecule has 0 aromatic heterocycles. The highest BCUT2D eigenvalue weighted by molar-refractivity contribution is 6.32. The Bertz CT molecular complexity index is 632. The Labute approximate surface area is 148 Å². The molecule has 4 N–H and O–H groups in total. The van der Waals surface area contributed by atoms with E-state index >= 15 is 0 Å². The van der Waals surface area contributed by atoms with Gasteiger partial charge in [-0.3, -0.25) is 16.1 Å². The first-order valence-corrected chi connectivity index (χ1v) is 8.09. The van der Waals surface area contributed by atoms with Gasteiger partial charge >= 0.3 is 6.36 Å². The van der Waals surface area contributed by atoms with Crippen LogP contribution in [0.1, 0.15) is 24.8 Å². The predicted molar refractivity (Wildman–Crippen MR) is 89.0 cm³/mol. The molecule has 1 aromatic carbocycles. The lowest BCUT2D eigenvalue weighted by Crippen LogP contribution is -2.49. The van der Waals surface area contributed by atoms with Gasteiger partial charge in [-0.1, -0.05) is 17.7 Å². The van der Waals surface area contributed by atoms with E-state index in [9.17, 15) is 13.2 Å². The number of hydrogen-bond acceptors (Lipinski definition) is 3. The molecule has 1 fully saturated rings. The van der Waals surface area contributed by atoms with Crippen LogP contribution in [-0.2, 0) is 6.54 Å². The van der Waals surface area contributed by atoms with Crippen LogP contribution in [0.5, 0.6) is 5.75 Å². The molecule has 0 unspecified atom stereocenters. The highest BCUT2D eigenvalue weighted by Crippen LogP contribution is 2.30. The molecule has 1 heterocycles. The zero-order valence-corrected chi connectivity index (χ0v) is 14.1. The van der Waals surface area contributed by atoms with E-state index < -0.39 is 12.1 Å². The summed E-state index contributed by atoms with van der Waals surface area (Å²) < 4.78 is 40.4. The Morgan fingerprint density at radius 2 is 1.88 bits per heavy atom.